The number of urea groups is 1. The van der Waals surface area contributed by atoms with Gasteiger partial charge in [0.1, 0.15) is 5.82 Å². The molecule has 0 atom stereocenters. The number of nitrogens with one attached hydrogen (secondary N) is 1. The van der Waals surface area contributed by atoms with Crippen molar-refractivity contribution in [3.63, 3.8) is 0 Å². The number of carbonyl (C=O) groups is 1. The molecule has 5 rings (SSSR count). The first-order chi connectivity index (χ1) is 16.2. The van der Waals surface area contributed by atoms with Crippen LogP contribution < -0.4 is 5.32 Å². The fourth-order valence-corrected chi connectivity index (χ4v) is 5.35. The maximum Gasteiger partial charge on any atom is 0.322 e. The second kappa shape index (κ2) is 9.97. The zero-order valence-electron chi connectivity index (χ0n) is 18.5. The number of thioether (sulfide) groups is 1. The molecule has 0 unspecified atom stereocenters. The molecule has 0 saturated carbocycles. The standard InChI is InChI=1S/C25H28FN5OS/c26-20-3-7-22(8-4-20)31-18-27-23-17-30(12-10-24(23)31)25(32)28-21-5-1-19(2-6-21)9-11-29-13-15-33-16-14-29/h1-8,18H,9-17H2,(H,28,32). The van der Waals surface area contributed by atoms with E-state index < -0.39 is 0 Å². The first-order valence-corrected chi connectivity index (χ1v) is 12.6. The van der Waals surface area contributed by atoms with Crippen LogP contribution in [0.4, 0.5) is 14.9 Å². The normalized spacial score (nSPS) is 16.5. The van der Waals surface area contributed by atoms with Crippen LogP contribution in [0.1, 0.15) is 17.0 Å². The van der Waals surface area contributed by atoms with E-state index in [1.165, 1.54) is 42.3 Å². The fourth-order valence-electron chi connectivity index (χ4n) is 4.38. The average molecular weight is 466 g/mol. The number of fused-ring (bicyclic) bond motifs is 1. The lowest BCUT2D eigenvalue weighted by atomic mass is 10.1. The molecule has 1 aromatic heterocycles. The highest BCUT2D eigenvalue weighted by Crippen LogP contribution is 2.22. The van der Waals surface area contributed by atoms with Gasteiger partial charge in [-0.1, -0.05) is 12.1 Å². The summed E-state index contributed by atoms with van der Waals surface area (Å²) in [5.41, 5.74) is 4.93. The molecule has 2 aliphatic rings. The van der Waals surface area contributed by atoms with Crippen molar-refractivity contribution in [3.05, 3.63) is 77.6 Å². The summed E-state index contributed by atoms with van der Waals surface area (Å²) in [5.74, 6) is 2.20. The summed E-state index contributed by atoms with van der Waals surface area (Å²) in [6.45, 7) is 4.52. The second-order valence-corrected chi connectivity index (χ2v) is 9.71. The molecular weight excluding hydrogens is 437 g/mol. The van der Waals surface area contributed by atoms with Gasteiger partial charge in [-0.25, -0.2) is 14.2 Å². The third-order valence-corrected chi connectivity index (χ3v) is 7.27. The van der Waals surface area contributed by atoms with Crippen LogP contribution in [-0.2, 0) is 19.4 Å². The molecule has 33 heavy (non-hydrogen) atoms. The van der Waals surface area contributed by atoms with E-state index in [1.54, 1.807) is 23.4 Å². The van der Waals surface area contributed by atoms with Crippen LogP contribution in [0.3, 0.4) is 0 Å². The molecule has 8 heteroatoms. The molecule has 0 aliphatic carbocycles. The molecular formula is C25H28FN5OS. The average Bonchev–Trinajstić information content (AvgIpc) is 3.28. The molecule has 6 nitrogen and oxygen atoms in total. The number of aromatic nitrogens is 2. The summed E-state index contributed by atoms with van der Waals surface area (Å²) in [7, 11) is 0. The van der Waals surface area contributed by atoms with Crippen LogP contribution in [-0.4, -0.2) is 63.1 Å². The monoisotopic (exact) mass is 465 g/mol. The number of benzene rings is 2. The largest absolute Gasteiger partial charge is 0.322 e. The Bertz CT molecular complexity index is 1090. The first-order valence-electron chi connectivity index (χ1n) is 11.4. The molecule has 2 aromatic carbocycles. The Balaban J connectivity index is 1.16. The lowest BCUT2D eigenvalue weighted by Gasteiger charge is -2.27. The lowest BCUT2D eigenvalue weighted by molar-refractivity contribution is 0.205. The molecule has 2 aliphatic heterocycles. The summed E-state index contributed by atoms with van der Waals surface area (Å²) in [6.07, 6.45) is 3.49. The quantitative estimate of drug-likeness (QED) is 0.614. The van der Waals surface area contributed by atoms with Crippen molar-refractivity contribution in [1.29, 1.82) is 0 Å². The Morgan fingerprint density at radius 2 is 1.79 bits per heavy atom. The van der Waals surface area contributed by atoms with Gasteiger partial charge in [-0.3, -0.25) is 0 Å². The van der Waals surface area contributed by atoms with E-state index >= 15 is 0 Å². The molecule has 1 N–H and O–H groups in total. The van der Waals surface area contributed by atoms with Gasteiger partial charge in [0, 0.05) is 61.2 Å². The van der Waals surface area contributed by atoms with Crippen LogP contribution in [0.15, 0.2) is 54.9 Å². The van der Waals surface area contributed by atoms with Crippen molar-refractivity contribution >= 4 is 23.5 Å². The third-order valence-electron chi connectivity index (χ3n) is 6.33. The number of halogens is 1. The molecule has 1 fully saturated rings. The van der Waals surface area contributed by atoms with Gasteiger partial charge in [0.25, 0.3) is 0 Å². The van der Waals surface area contributed by atoms with Crippen molar-refractivity contribution in [2.75, 3.05) is 43.0 Å². The number of amides is 2. The van der Waals surface area contributed by atoms with Crippen LogP contribution in [0.2, 0.25) is 0 Å². The zero-order chi connectivity index (χ0) is 22.6. The topological polar surface area (TPSA) is 53.4 Å². The summed E-state index contributed by atoms with van der Waals surface area (Å²) < 4.78 is 15.2. The maximum absolute atomic E-state index is 13.2. The summed E-state index contributed by atoms with van der Waals surface area (Å²) in [4.78, 5) is 21.7. The Kier molecular flexibility index (Phi) is 6.64. The molecule has 0 radical (unpaired) electrons. The van der Waals surface area contributed by atoms with Crippen LogP contribution >= 0.6 is 11.8 Å². The molecule has 3 heterocycles. The van der Waals surface area contributed by atoms with Gasteiger partial charge >= 0.3 is 6.03 Å². The second-order valence-electron chi connectivity index (χ2n) is 8.49. The zero-order valence-corrected chi connectivity index (χ0v) is 19.4. The SMILES string of the molecule is O=C(Nc1ccc(CCN2CCSCC2)cc1)N1CCc2c(ncn2-c2ccc(F)cc2)C1. The molecule has 3 aromatic rings. The van der Waals surface area contributed by atoms with Crippen molar-refractivity contribution in [3.8, 4) is 5.69 Å². The van der Waals surface area contributed by atoms with Gasteiger partial charge in [-0.2, -0.15) is 11.8 Å². The van der Waals surface area contributed by atoms with E-state index in [4.69, 9.17) is 0 Å². The van der Waals surface area contributed by atoms with E-state index in [0.29, 0.717) is 19.5 Å². The highest BCUT2D eigenvalue weighted by molar-refractivity contribution is 7.99. The smallest absolute Gasteiger partial charge is 0.318 e. The molecule has 1 saturated heterocycles. The van der Waals surface area contributed by atoms with Crippen molar-refractivity contribution in [2.24, 2.45) is 0 Å². The van der Waals surface area contributed by atoms with E-state index in [1.807, 2.05) is 28.5 Å². The summed E-state index contributed by atoms with van der Waals surface area (Å²) in [6, 6.07) is 14.4. The van der Waals surface area contributed by atoms with Crippen LogP contribution in [0, 0.1) is 5.82 Å². The van der Waals surface area contributed by atoms with E-state index in [9.17, 15) is 9.18 Å². The van der Waals surface area contributed by atoms with Gasteiger partial charge in [0.2, 0.25) is 0 Å². The lowest BCUT2D eigenvalue weighted by Crippen LogP contribution is -2.39. The minimum absolute atomic E-state index is 0.115. The fraction of sp³-hybridized carbons (Fsp3) is 0.360. The van der Waals surface area contributed by atoms with Gasteiger partial charge in [-0.05, 0) is 48.4 Å². The number of imidazole rings is 1. The van der Waals surface area contributed by atoms with Crippen molar-refractivity contribution < 1.29 is 9.18 Å². The van der Waals surface area contributed by atoms with Gasteiger partial charge < -0.3 is 19.7 Å². The van der Waals surface area contributed by atoms with Crippen LogP contribution in [0.5, 0.6) is 0 Å². The van der Waals surface area contributed by atoms with E-state index in [2.05, 4.69) is 27.3 Å². The number of carbonyl (C=O) groups excluding carboxylic acids is 1. The molecule has 2 amide bonds. The highest BCUT2D eigenvalue weighted by Gasteiger charge is 2.25. The number of rotatable bonds is 5. The number of hydrogen-bond donors (Lipinski definition) is 1. The summed E-state index contributed by atoms with van der Waals surface area (Å²) >= 11 is 2.03. The molecule has 0 spiro atoms. The molecule has 0 bridgehead atoms. The van der Waals surface area contributed by atoms with Gasteiger partial charge in [0.15, 0.2) is 0 Å². The first kappa shape index (κ1) is 22.0. The molecule has 172 valence electrons. The Morgan fingerprint density at radius 1 is 1.03 bits per heavy atom. The van der Waals surface area contributed by atoms with E-state index in [-0.39, 0.29) is 11.8 Å². The number of nitrogens with zero attached hydrogens (tertiary/aromatic N) is 4. The third kappa shape index (κ3) is 5.23. The Morgan fingerprint density at radius 3 is 2.55 bits per heavy atom. The van der Waals surface area contributed by atoms with E-state index in [0.717, 1.165) is 35.7 Å². The van der Waals surface area contributed by atoms with Gasteiger partial charge in [0.05, 0.1) is 18.6 Å². The minimum Gasteiger partial charge on any atom is -0.318 e. The van der Waals surface area contributed by atoms with Crippen molar-refractivity contribution in [1.82, 2.24) is 19.4 Å². The summed E-state index contributed by atoms with van der Waals surface area (Å²) in [5, 5.41) is 3.02. The van der Waals surface area contributed by atoms with Crippen molar-refractivity contribution in [2.45, 2.75) is 19.4 Å². The Hall–Kier alpha value is -2.84. The maximum atomic E-state index is 13.2. The van der Waals surface area contributed by atoms with Crippen LogP contribution in [0.25, 0.3) is 5.69 Å². The number of anilines is 1. The van der Waals surface area contributed by atoms with Gasteiger partial charge in [-0.15, -0.1) is 0 Å². The highest BCUT2D eigenvalue weighted by atomic mass is 32.2. The number of hydrogen-bond acceptors (Lipinski definition) is 4. The minimum atomic E-state index is -0.259. The predicted molar refractivity (Wildman–Crippen MR) is 131 cm³/mol. The Labute approximate surface area is 197 Å². The predicted octanol–water partition coefficient (Wildman–Crippen LogP) is 4.19.